The molecule has 1 fully saturated rings. The summed E-state index contributed by atoms with van der Waals surface area (Å²) < 4.78 is 5.33. The van der Waals surface area contributed by atoms with Crippen LogP contribution >= 0.6 is 15.9 Å². The van der Waals surface area contributed by atoms with Crippen LogP contribution in [0.15, 0.2) is 28.4 Å². The number of hydrogen-bond donors (Lipinski definition) is 1. The van der Waals surface area contributed by atoms with E-state index in [0.29, 0.717) is 0 Å². The normalized spacial score (nSPS) is 15.8. The third kappa shape index (κ3) is 3.70. The van der Waals surface area contributed by atoms with Crippen LogP contribution in [-0.4, -0.2) is 50.6 Å². The molecule has 1 N–H and O–H groups in total. The Balaban J connectivity index is 2.24. The van der Waals surface area contributed by atoms with E-state index in [2.05, 4.69) is 26.0 Å². The quantitative estimate of drug-likeness (QED) is 0.486. The minimum absolute atomic E-state index is 0.114. The Bertz CT molecular complexity index is 700. The average Bonchev–Trinajstić information content (AvgIpc) is 2.74. The summed E-state index contributed by atoms with van der Waals surface area (Å²) in [5.74, 6) is -1.22. The van der Waals surface area contributed by atoms with Gasteiger partial charge >= 0.3 is 12.0 Å². The van der Waals surface area contributed by atoms with Gasteiger partial charge in [0.15, 0.2) is 0 Å². The molecule has 0 saturated carbocycles. The Morgan fingerprint density at radius 3 is 2.65 bits per heavy atom. The van der Waals surface area contributed by atoms with Crippen LogP contribution in [0.25, 0.3) is 6.08 Å². The van der Waals surface area contributed by atoms with Gasteiger partial charge in [0.25, 0.3) is 5.91 Å². The molecule has 1 saturated heterocycles. The van der Waals surface area contributed by atoms with Crippen LogP contribution in [0.1, 0.15) is 5.56 Å². The molecule has 8 heteroatoms. The smallest absolute Gasteiger partial charge is 0.329 e. The van der Waals surface area contributed by atoms with Crippen LogP contribution < -0.4 is 10.2 Å². The van der Waals surface area contributed by atoms with Gasteiger partial charge in [0.1, 0.15) is 12.2 Å². The number of nitrogens with one attached hydrogen (secondary N) is 1. The molecule has 1 aliphatic rings. The molecule has 0 aliphatic carbocycles. The number of nitrogens with zero attached hydrogens (tertiary/aromatic N) is 2. The van der Waals surface area contributed by atoms with Gasteiger partial charge in [-0.1, -0.05) is 6.07 Å². The molecule has 0 aromatic heterocycles. The molecule has 3 amide bonds. The van der Waals surface area contributed by atoms with E-state index in [0.717, 1.165) is 20.6 Å². The molecule has 0 atom stereocenters. The summed E-state index contributed by atoms with van der Waals surface area (Å²) in [6.07, 6.45) is 1.56. The van der Waals surface area contributed by atoms with E-state index >= 15 is 0 Å². The number of carbonyl (C=O) groups is 3. The zero-order chi connectivity index (χ0) is 17.1. The number of anilines is 1. The van der Waals surface area contributed by atoms with E-state index in [1.807, 2.05) is 37.2 Å². The molecule has 1 aromatic carbocycles. The topological polar surface area (TPSA) is 79.0 Å². The van der Waals surface area contributed by atoms with E-state index in [1.165, 1.54) is 7.11 Å². The van der Waals surface area contributed by atoms with E-state index in [9.17, 15) is 14.4 Å². The van der Waals surface area contributed by atoms with E-state index in [-0.39, 0.29) is 5.70 Å². The Morgan fingerprint density at radius 2 is 2.09 bits per heavy atom. The highest BCUT2D eigenvalue weighted by Crippen LogP contribution is 2.27. The van der Waals surface area contributed by atoms with Gasteiger partial charge in [-0.2, -0.15) is 0 Å². The molecule has 1 heterocycles. The predicted molar refractivity (Wildman–Crippen MR) is 88.7 cm³/mol. The number of esters is 1. The summed E-state index contributed by atoms with van der Waals surface area (Å²) in [5.41, 5.74) is 1.84. The molecule has 0 unspecified atom stereocenters. The highest BCUT2D eigenvalue weighted by molar-refractivity contribution is 9.10. The summed E-state index contributed by atoms with van der Waals surface area (Å²) in [6, 6.07) is 4.92. The second-order valence-electron chi connectivity index (χ2n) is 5.06. The van der Waals surface area contributed by atoms with Gasteiger partial charge in [0.2, 0.25) is 0 Å². The fraction of sp³-hybridized carbons (Fsp3) is 0.267. The lowest BCUT2D eigenvalue weighted by atomic mass is 10.1. The maximum Gasteiger partial charge on any atom is 0.329 e. The third-order valence-electron chi connectivity index (χ3n) is 3.24. The van der Waals surface area contributed by atoms with Crippen molar-refractivity contribution in [1.82, 2.24) is 10.2 Å². The van der Waals surface area contributed by atoms with Crippen molar-refractivity contribution in [1.29, 1.82) is 0 Å². The van der Waals surface area contributed by atoms with Crippen LogP contribution in [0.2, 0.25) is 0 Å². The number of urea groups is 1. The number of methoxy groups -OCH3 is 1. The highest BCUT2D eigenvalue weighted by atomic mass is 79.9. The van der Waals surface area contributed by atoms with E-state index in [4.69, 9.17) is 0 Å². The summed E-state index contributed by atoms with van der Waals surface area (Å²) in [6.45, 7) is -0.415. The highest BCUT2D eigenvalue weighted by Gasteiger charge is 2.35. The number of imide groups is 1. The Morgan fingerprint density at radius 1 is 1.39 bits per heavy atom. The van der Waals surface area contributed by atoms with Crippen LogP contribution in [0.5, 0.6) is 0 Å². The first-order chi connectivity index (χ1) is 10.8. The second kappa shape index (κ2) is 6.82. The van der Waals surface area contributed by atoms with Crippen molar-refractivity contribution in [2.45, 2.75) is 0 Å². The monoisotopic (exact) mass is 381 g/mol. The molecular weight excluding hydrogens is 366 g/mol. The number of carbonyl (C=O) groups excluding carboxylic acids is 3. The van der Waals surface area contributed by atoms with Crippen LogP contribution in [-0.2, 0) is 14.3 Å². The molecule has 1 aromatic rings. The fourth-order valence-electron chi connectivity index (χ4n) is 2.05. The molecule has 2 rings (SSSR count). The first kappa shape index (κ1) is 17.0. The molecular formula is C15H16BrN3O4. The lowest BCUT2D eigenvalue weighted by molar-refractivity contribution is -0.143. The van der Waals surface area contributed by atoms with Crippen molar-refractivity contribution in [3.8, 4) is 0 Å². The van der Waals surface area contributed by atoms with Gasteiger partial charge in [0.05, 0.1) is 12.8 Å². The van der Waals surface area contributed by atoms with Crippen molar-refractivity contribution in [2.24, 2.45) is 0 Å². The molecule has 122 valence electrons. The molecule has 23 heavy (non-hydrogen) atoms. The number of rotatable bonds is 4. The lowest BCUT2D eigenvalue weighted by Gasteiger charge is -2.14. The number of halogens is 1. The Labute approximate surface area is 142 Å². The van der Waals surface area contributed by atoms with Gasteiger partial charge in [0, 0.05) is 18.6 Å². The number of hydrogen-bond acceptors (Lipinski definition) is 5. The third-order valence-corrected chi connectivity index (χ3v) is 3.88. The van der Waals surface area contributed by atoms with Gasteiger partial charge in [-0.05, 0) is 39.7 Å². The van der Waals surface area contributed by atoms with Gasteiger partial charge in [-0.3, -0.25) is 9.59 Å². The van der Waals surface area contributed by atoms with Gasteiger partial charge in [-0.15, -0.1) is 0 Å². The number of amides is 3. The van der Waals surface area contributed by atoms with Crippen LogP contribution in [0.4, 0.5) is 10.5 Å². The van der Waals surface area contributed by atoms with E-state index in [1.54, 1.807) is 6.08 Å². The average molecular weight is 382 g/mol. The molecule has 1 aliphatic heterocycles. The molecule has 7 nitrogen and oxygen atoms in total. The van der Waals surface area contributed by atoms with Crippen molar-refractivity contribution in [3.63, 3.8) is 0 Å². The van der Waals surface area contributed by atoms with Crippen molar-refractivity contribution >= 4 is 45.6 Å². The van der Waals surface area contributed by atoms with Crippen LogP contribution in [0, 0.1) is 0 Å². The fourth-order valence-corrected chi connectivity index (χ4v) is 2.80. The predicted octanol–water partition coefficient (Wildman–Crippen LogP) is 1.58. The first-order valence-corrected chi connectivity index (χ1v) is 7.51. The van der Waals surface area contributed by atoms with Gasteiger partial charge < -0.3 is 15.0 Å². The first-order valence-electron chi connectivity index (χ1n) is 6.71. The molecule has 0 radical (unpaired) electrons. The zero-order valence-corrected chi connectivity index (χ0v) is 14.5. The molecule has 0 spiro atoms. The summed E-state index contributed by atoms with van der Waals surface area (Å²) in [4.78, 5) is 38.0. The summed E-state index contributed by atoms with van der Waals surface area (Å²) in [7, 11) is 5.04. The summed E-state index contributed by atoms with van der Waals surface area (Å²) in [5, 5.41) is 2.45. The second-order valence-corrected chi connectivity index (χ2v) is 5.92. The van der Waals surface area contributed by atoms with Crippen molar-refractivity contribution in [2.75, 3.05) is 32.6 Å². The standard InChI is InChI=1S/C15H16BrN3O4/c1-18(2)12-5-4-9(6-10(12)16)7-11-14(21)19(15(22)17-11)8-13(20)23-3/h4-7H,8H2,1-3H3,(H,17,22)/b11-7+. The maximum absolute atomic E-state index is 12.2. The Hall–Kier alpha value is -2.35. The minimum Gasteiger partial charge on any atom is -0.468 e. The van der Waals surface area contributed by atoms with Crippen molar-refractivity contribution < 1.29 is 19.1 Å². The van der Waals surface area contributed by atoms with Crippen molar-refractivity contribution in [3.05, 3.63) is 33.9 Å². The zero-order valence-electron chi connectivity index (χ0n) is 12.9. The van der Waals surface area contributed by atoms with Gasteiger partial charge in [-0.25, -0.2) is 9.69 Å². The van der Waals surface area contributed by atoms with Crippen LogP contribution in [0.3, 0.4) is 0 Å². The largest absolute Gasteiger partial charge is 0.468 e. The number of benzene rings is 1. The van der Waals surface area contributed by atoms with E-state index < -0.39 is 24.5 Å². The Kier molecular flexibility index (Phi) is 5.05. The molecule has 0 bridgehead atoms. The minimum atomic E-state index is -0.659. The lowest BCUT2D eigenvalue weighted by Crippen LogP contribution is -2.36. The maximum atomic E-state index is 12.2. The summed E-state index contributed by atoms with van der Waals surface area (Å²) >= 11 is 3.46. The number of ether oxygens (including phenoxy) is 1. The SMILES string of the molecule is COC(=O)CN1C(=O)N/C(=C/c2ccc(N(C)C)c(Br)c2)C1=O.